The van der Waals surface area contributed by atoms with Crippen LogP contribution in [0.1, 0.15) is 0 Å². The Bertz CT molecular complexity index is 664. The third-order valence-corrected chi connectivity index (χ3v) is 3.80. The maximum Gasteiger partial charge on any atom is 0.263 e. The summed E-state index contributed by atoms with van der Waals surface area (Å²) in [5.41, 5.74) is 0.378. The van der Waals surface area contributed by atoms with Crippen LogP contribution in [0.3, 0.4) is 0 Å². The van der Waals surface area contributed by atoms with Gasteiger partial charge in [0, 0.05) is 25.6 Å². The number of nitrogens with zero attached hydrogens (tertiary/aromatic N) is 2. The summed E-state index contributed by atoms with van der Waals surface area (Å²) in [6, 6.07) is 5.19. The Hall–Kier alpha value is -1.10. The molecule has 0 saturated carbocycles. The Morgan fingerprint density at radius 1 is 1.39 bits per heavy atom. The average Bonchev–Trinajstić information content (AvgIpc) is 2.26. The minimum absolute atomic E-state index is 0.164. The highest BCUT2D eigenvalue weighted by molar-refractivity contribution is 6.35. The van der Waals surface area contributed by atoms with Crippen molar-refractivity contribution in [3.63, 3.8) is 0 Å². The van der Waals surface area contributed by atoms with E-state index >= 15 is 0 Å². The normalized spacial score (nSPS) is 15.9. The molecule has 1 N–H and O–H groups in total. The van der Waals surface area contributed by atoms with E-state index in [2.05, 4.69) is 10.3 Å². The van der Waals surface area contributed by atoms with E-state index in [1.807, 2.05) is 0 Å². The van der Waals surface area contributed by atoms with Gasteiger partial charge in [-0.3, -0.25) is 9.36 Å². The van der Waals surface area contributed by atoms with Gasteiger partial charge < -0.3 is 5.32 Å². The number of benzene rings is 1. The largest absolute Gasteiger partial charge is 0.316 e. The van der Waals surface area contributed by atoms with Gasteiger partial charge in [0.2, 0.25) is 5.28 Å². The van der Waals surface area contributed by atoms with Crippen molar-refractivity contribution >= 4 is 34.1 Å². The molecule has 2 heterocycles. The molecular weight excluding hydrogens is 273 g/mol. The van der Waals surface area contributed by atoms with E-state index < -0.39 is 0 Å². The summed E-state index contributed by atoms with van der Waals surface area (Å²) in [5, 5.41) is 4.25. The fraction of sp³-hybridized carbons (Fsp3) is 0.333. The Morgan fingerprint density at radius 2 is 2.17 bits per heavy atom. The molecule has 94 valence electrons. The Morgan fingerprint density at radius 3 is 2.83 bits per heavy atom. The molecule has 1 saturated heterocycles. The Balaban J connectivity index is 2.19. The van der Waals surface area contributed by atoms with Crippen molar-refractivity contribution in [2.75, 3.05) is 13.1 Å². The summed E-state index contributed by atoms with van der Waals surface area (Å²) in [6.07, 6.45) is 0. The maximum atomic E-state index is 12.4. The van der Waals surface area contributed by atoms with Crippen molar-refractivity contribution in [3.05, 3.63) is 38.9 Å². The van der Waals surface area contributed by atoms with Crippen LogP contribution in [-0.2, 0) is 6.54 Å². The van der Waals surface area contributed by atoms with Gasteiger partial charge in [-0.05, 0) is 23.7 Å². The van der Waals surface area contributed by atoms with Crippen molar-refractivity contribution in [2.24, 2.45) is 5.92 Å². The number of halogens is 2. The first-order valence-electron chi connectivity index (χ1n) is 5.72. The minimum Gasteiger partial charge on any atom is -0.316 e. The van der Waals surface area contributed by atoms with Crippen molar-refractivity contribution < 1.29 is 0 Å². The lowest BCUT2D eigenvalue weighted by Crippen LogP contribution is -2.45. The van der Waals surface area contributed by atoms with Crippen LogP contribution >= 0.6 is 23.2 Å². The van der Waals surface area contributed by atoms with Gasteiger partial charge in [-0.15, -0.1) is 0 Å². The van der Waals surface area contributed by atoms with Crippen LogP contribution in [0, 0.1) is 5.92 Å². The molecule has 0 spiro atoms. The highest BCUT2D eigenvalue weighted by Crippen LogP contribution is 2.20. The zero-order valence-corrected chi connectivity index (χ0v) is 11.0. The number of nitrogens with one attached hydrogen (secondary N) is 1. The van der Waals surface area contributed by atoms with Crippen LogP contribution in [0.5, 0.6) is 0 Å². The molecule has 18 heavy (non-hydrogen) atoms. The summed E-state index contributed by atoms with van der Waals surface area (Å²) in [6.45, 7) is 2.39. The van der Waals surface area contributed by atoms with Gasteiger partial charge in [0.25, 0.3) is 5.56 Å². The monoisotopic (exact) mass is 283 g/mol. The van der Waals surface area contributed by atoms with Crippen molar-refractivity contribution in [1.82, 2.24) is 14.9 Å². The van der Waals surface area contributed by atoms with Gasteiger partial charge in [0.05, 0.1) is 15.9 Å². The second-order valence-electron chi connectivity index (χ2n) is 4.45. The predicted molar refractivity (Wildman–Crippen MR) is 72.4 cm³/mol. The summed E-state index contributed by atoms with van der Waals surface area (Å²) in [4.78, 5) is 16.6. The van der Waals surface area contributed by atoms with E-state index in [1.165, 1.54) is 4.57 Å². The van der Waals surface area contributed by atoms with E-state index in [9.17, 15) is 4.79 Å². The molecular formula is C12H11Cl2N3O. The van der Waals surface area contributed by atoms with Gasteiger partial charge in [-0.25, -0.2) is 4.98 Å². The molecule has 0 unspecified atom stereocenters. The quantitative estimate of drug-likeness (QED) is 0.857. The first kappa shape index (κ1) is 12.0. The summed E-state index contributed by atoms with van der Waals surface area (Å²) < 4.78 is 1.50. The van der Waals surface area contributed by atoms with Gasteiger partial charge in [0.15, 0.2) is 0 Å². The molecule has 0 amide bonds. The van der Waals surface area contributed by atoms with Crippen LogP contribution in [-0.4, -0.2) is 22.6 Å². The second-order valence-corrected chi connectivity index (χ2v) is 5.20. The minimum atomic E-state index is -0.164. The van der Waals surface area contributed by atoms with Crippen molar-refractivity contribution in [2.45, 2.75) is 6.54 Å². The molecule has 0 atom stereocenters. The first-order chi connectivity index (χ1) is 8.66. The standard InChI is InChI=1S/C12H11Cl2N3O/c13-8-2-1-3-9-10(8)11(18)17(12(14)16-9)6-7-4-15-5-7/h1-3,7,15H,4-6H2. The molecule has 2 aromatic rings. The third-order valence-electron chi connectivity index (χ3n) is 3.19. The van der Waals surface area contributed by atoms with Crippen molar-refractivity contribution in [1.29, 1.82) is 0 Å². The molecule has 0 radical (unpaired) electrons. The molecule has 1 aliphatic heterocycles. The molecule has 1 aromatic heterocycles. The van der Waals surface area contributed by atoms with Crippen LogP contribution < -0.4 is 10.9 Å². The highest BCUT2D eigenvalue weighted by atomic mass is 35.5. The molecule has 0 aliphatic carbocycles. The lowest BCUT2D eigenvalue weighted by Gasteiger charge is -2.27. The molecule has 1 aliphatic rings. The molecule has 4 nitrogen and oxygen atoms in total. The van der Waals surface area contributed by atoms with E-state index in [1.54, 1.807) is 18.2 Å². The van der Waals surface area contributed by atoms with Crippen molar-refractivity contribution in [3.8, 4) is 0 Å². The number of hydrogen-bond acceptors (Lipinski definition) is 3. The van der Waals surface area contributed by atoms with E-state index in [4.69, 9.17) is 23.2 Å². The van der Waals surface area contributed by atoms with Gasteiger partial charge in [0.1, 0.15) is 0 Å². The smallest absolute Gasteiger partial charge is 0.263 e. The predicted octanol–water partition coefficient (Wildman–Crippen LogP) is 1.92. The van der Waals surface area contributed by atoms with E-state index in [-0.39, 0.29) is 10.8 Å². The summed E-state index contributed by atoms with van der Waals surface area (Å²) in [7, 11) is 0. The zero-order valence-electron chi connectivity index (χ0n) is 9.49. The zero-order chi connectivity index (χ0) is 12.7. The number of fused-ring (bicyclic) bond motifs is 1. The highest BCUT2D eigenvalue weighted by Gasteiger charge is 2.20. The first-order valence-corrected chi connectivity index (χ1v) is 6.47. The van der Waals surface area contributed by atoms with E-state index in [0.717, 1.165) is 13.1 Å². The Labute approximate surface area is 114 Å². The van der Waals surface area contributed by atoms with Crippen LogP contribution in [0.25, 0.3) is 10.9 Å². The maximum absolute atomic E-state index is 12.4. The number of aromatic nitrogens is 2. The Kier molecular flexibility index (Phi) is 3.01. The third kappa shape index (κ3) is 1.90. The number of rotatable bonds is 2. The lowest BCUT2D eigenvalue weighted by atomic mass is 10.0. The molecule has 1 fully saturated rings. The van der Waals surface area contributed by atoms with Gasteiger partial charge in [-0.1, -0.05) is 17.7 Å². The van der Waals surface area contributed by atoms with Gasteiger partial charge >= 0.3 is 0 Å². The fourth-order valence-corrected chi connectivity index (χ4v) is 2.58. The van der Waals surface area contributed by atoms with Gasteiger partial charge in [-0.2, -0.15) is 0 Å². The molecule has 3 rings (SSSR count). The topological polar surface area (TPSA) is 46.9 Å². The van der Waals surface area contributed by atoms with E-state index in [0.29, 0.717) is 28.4 Å². The fourth-order valence-electron chi connectivity index (χ4n) is 2.09. The van der Waals surface area contributed by atoms with Crippen LogP contribution in [0.15, 0.2) is 23.0 Å². The average molecular weight is 284 g/mol. The van der Waals surface area contributed by atoms with Crippen LogP contribution in [0.4, 0.5) is 0 Å². The summed E-state index contributed by atoms with van der Waals surface area (Å²) in [5.74, 6) is 0.432. The summed E-state index contributed by atoms with van der Waals surface area (Å²) >= 11 is 12.1. The second kappa shape index (κ2) is 4.53. The lowest BCUT2D eigenvalue weighted by molar-refractivity contribution is 0.303. The molecule has 6 heteroatoms. The molecule has 1 aromatic carbocycles. The number of hydrogen-bond donors (Lipinski definition) is 1. The van der Waals surface area contributed by atoms with Crippen LogP contribution in [0.2, 0.25) is 10.3 Å². The SMILES string of the molecule is O=c1c2c(Cl)cccc2nc(Cl)n1CC1CNC1. The molecule has 0 bridgehead atoms.